The van der Waals surface area contributed by atoms with E-state index in [0.29, 0.717) is 5.92 Å². The van der Waals surface area contributed by atoms with Crippen LogP contribution >= 0.6 is 0 Å². The number of nitrogens with one attached hydrogen (secondary N) is 1. The van der Waals surface area contributed by atoms with Crippen LogP contribution in [0.3, 0.4) is 0 Å². The SMILES string of the molecule is CC(C)c1cc(C2CCC2)[nH]n1. The zero-order valence-corrected chi connectivity index (χ0v) is 7.80. The van der Waals surface area contributed by atoms with E-state index in [4.69, 9.17) is 0 Å². The van der Waals surface area contributed by atoms with Crippen molar-refractivity contribution in [2.24, 2.45) is 0 Å². The third-order valence-corrected chi connectivity index (χ3v) is 2.75. The predicted molar refractivity (Wildman–Crippen MR) is 49.3 cm³/mol. The van der Waals surface area contributed by atoms with E-state index in [0.717, 1.165) is 5.92 Å². The quantitative estimate of drug-likeness (QED) is 0.715. The number of aromatic nitrogens is 2. The fraction of sp³-hybridized carbons (Fsp3) is 0.700. The van der Waals surface area contributed by atoms with Crippen LogP contribution in [0.25, 0.3) is 0 Å². The molecule has 1 saturated carbocycles. The zero-order valence-electron chi connectivity index (χ0n) is 7.80. The molecule has 0 radical (unpaired) electrons. The Kier molecular flexibility index (Phi) is 1.91. The lowest BCUT2D eigenvalue weighted by molar-refractivity contribution is 0.410. The van der Waals surface area contributed by atoms with E-state index < -0.39 is 0 Å². The van der Waals surface area contributed by atoms with Crippen molar-refractivity contribution in [2.45, 2.75) is 44.9 Å². The molecule has 0 aliphatic heterocycles. The van der Waals surface area contributed by atoms with E-state index in [-0.39, 0.29) is 0 Å². The van der Waals surface area contributed by atoms with Crippen LogP contribution in [0.1, 0.15) is 56.3 Å². The maximum Gasteiger partial charge on any atom is 0.0650 e. The minimum atomic E-state index is 0.551. The van der Waals surface area contributed by atoms with Crippen LogP contribution in [0.5, 0.6) is 0 Å². The number of aromatic amines is 1. The number of hydrogen-bond donors (Lipinski definition) is 1. The van der Waals surface area contributed by atoms with Gasteiger partial charge in [-0.1, -0.05) is 20.3 Å². The molecule has 1 aromatic rings. The van der Waals surface area contributed by atoms with Gasteiger partial charge < -0.3 is 0 Å². The van der Waals surface area contributed by atoms with Gasteiger partial charge in [0, 0.05) is 11.6 Å². The van der Waals surface area contributed by atoms with Crippen LogP contribution in [0, 0.1) is 0 Å². The second-order valence-corrected chi connectivity index (χ2v) is 4.03. The Bertz CT molecular complexity index is 259. The molecular weight excluding hydrogens is 148 g/mol. The van der Waals surface area contributed by atoms with Crippen molar-refractivity contribution >= 4 is 0 Å². The molecule has 0 unspecified atom stereocenters. The molecule has 2 heteroatoms. The van der Waals surface area contributed by atoms with Gasteiger partial charge in [0.1, 0.15) is 0 Å². The molecule has 0 saturated heterocycles. The van der Waals surface area contributed by atoms with Gasteiger partial charge in [0.2, 0.25) is 0 Å². The molecule has 1 aromatic heterocycles. The topological polar surface area (TPSA) is 28.7 Å². The lowest BCUT2D eigenvalue weighted by Gasteiger charge is -2.23. The molecule has 0 bridgehead atoms. The summed E-state index contributed by atoms with van der Waals surface area (Å²) in [4.78, 5) is 0. The van der Waals surface area contributed by atoms with E-state index in [2.05, 4.69) is 30.1 Å². The zero-order chi connectivity index (χ0) is 8.55. The number of H-pyrrole nitrogens is 1. The van der Waals surface area contributed by atoms with Crippen molar-refractivity contribution in [3.8, 4) is 0 Å². The Morgan fingerprint density at radius 3 is 2.67 bits per heavy atom. The van der Waals surface area contributed by atoms with Crippen molar-refractivity contribution < 1.29 is 0 Å². The smallest absolute Gasteiger partial charge is 0.0650 e. The van der Waals surface area contributed by atoms with Gasteiger partial charge in [-0.05, 0) is 24.8 Å². The Balaban J connectivity index is 2.12. The highest BCUT2D eigenvalue weighted by Crippen LogP contribution is 2.35. The molecule has 1 aliphatic rings. The third kappa shape index (κ3) is 1.26. The number of rotatable bonds is 2. The maximum atomic E-state index is 4.29. The summed E-state index contributed by atoms with van der Waals surface area (Å²) in [5.74, 6) is 1.33. The first-order valence-corrected chi connectivity index (χ1v) is 4.82. The standard InChI is InChI=1S/C10H16N2/c1-7(2)9-6-10(12-11-9)8-4-3-5-8/h6-8H,3-5H2,1-2H3,(H,11,12). The van der Waals surface area contributed by atoms with Crippen molar-refractivity contribution in [1.82, 2.24) is 10.2 Å². The molecule has 0 amide bonds. The lowest BCUT2D eigenvalue weighted by Crippen LogP contribution is -2.08. The average Bonchev–Trinajstić information content (AvgIpc) is 2.32. The number of hydrogen-bond acceptors (Lipinski definition) is 1. The molecule has 0 atom stereocenters. The summed E-state index contributed by atoms with van der Waals surface area (Å²) in [7, 11) is 0. The van der Waals surface area contributed by atoms with Gasteiger partial charge in [-0.25, -0.2) is 0 Å². The Morgan fingerprint density at radius 2 is 2.25 bits per heavy atom. The Labute approximate surface area is 73.4 Å². The van der Waals surface area contributed by atoms with Gasteiger partial charge in [0.05, 0.1) is 5.69 Å². The Hall–Kier alpha value is -0.790. The molecule has 1 fully saturated rings. The molecule has 1 aliphatic carbocycles. The van der Waals surface area contributed by atoms with Crippen LogP contribution < -0.4 is 0 Å². The molecule has 66 valence electrons. The van der Waals surface area contributed by atoms with Crippen LogP contribution in [0.4, 0.5) is 0 Å². The van der Waals surface area contributed by atoms with E-state index in [1.807, 2.05) is 0 Å². The first-order chi connectivity index (χ1) is 5.77. The van der Waals surface area contributed by atoms with Gasteiger partial charge >= 0.3 is 0 Å². The summed E-state index contributed by atoms with van der Waals surface area (Å²) in [5.41, 5.74) is 2.56. The highest BCUT2D eigenvalue weighted by Gasteiger charge is 2.21. The van der Waals surface area contributed by atoms with Crippen LogP contribution in [0.2, 0.25) is 0 Å². The maximum absolute atomic E-state index is 4.29. The molecule has 2 rings (SSSR count). The summed E-state index contributed by atoms with van der Waals surface area (Å²) in [5, 5.41) is 7.43. The molecule has 1 heterocycles. The van der Waals surface area contributed by atoms with Crippen LogP contribution in [-0.4, -0.2) is 10.2 Å². The minimum absolute atomic E-state index is 0.551. The fourth-order valence-corrected chi connectivity index (χ4v) is 1.58. The molecule has 2 nitrogen and oxygen atoms in total. The van der Waals surface area contributed by atoms with Gasteiger partial charge in [0.25, 0.3) is 0 Å². The first kappa shape index (κ1) is 7.84. The van der Waals surface area contributed by atoms with Crippen molar-refractivity contribution in [2.75, 3.05) is 0 Å². The van der Waals surface area contributed by atoms with Gasteiger partial charge in [-0.3, -0.25) is 5.10 Å². The average molecular weight is 164 g/mol. The predicted octanol–water partition coefficient (Wildman–Crippen LogP) is 2.80. The van der Waals surface area contributed by atoms with Gasteiger partial charge in [-0.2, -0.15) is 5.10 Å². The van der Waals surface area contributed by atoms with E-state index >= 15 is 0 Å². The molecule has 0 spiro atoms. The number of nitrogens with zero attached hydrogens (tertiary/aromatic N) is 1. The molecule has 0 aromatic carbocycles. The van der Waals surface area contributed by atoms with E-state index in [1.54, 1.807) is 0 Å². The van der Waals surface area contributed by atoms with E-state index in [9.17, 15) is 0 Å². The largest absolute Gasteiger partial charge is 0.282 e. The summed E-state index contributed by atoms with van der Waals surface area (Å²) in [6.07, 6.45) is 4.08. The first-order valence-electron chi connectivity index (χ1n) is 4.82. The summed E-state index contributed by atoms with van der Waals surface area (Å²) in [6, 6.07) is 2.23. The Morgan fingerprint density at radius 1 is 1.50 bits per heavy atom. The molecule has 12 heavy (non-hydrogen) atoms. The second-order valence-electron chi connectivity index (χ2n) is 4.03. The summed E-state index contributed by atoms with van der Waals surface area (Å²) in [6.45, 7) is 4.36. The highest BCUT2D eigenvalue weighted by atomic mass is 15.1. The third-order valence-electron chi connectivity index (χ3n) is 2.75. The molecule has 1 N–H and O–H groups in total. The normalized spacial score (nSPS) is 18.2. The van der Waals surface area contributed by atoms with Crippen molar-refractivity contribution in [3.63, 3.8) is 0 Å². The van der Waals surface area contributed by atoms with E-state index in [1.165, 1.54) is 30.7 Å². The van der Waals surface area contributed by atoms with Crippen molar-refractivity contribution in [1.29, 1.82) is 0 Å². The molecular formula is C10H16N2. The second kappa shape index (κ2) is 2.92. The van der Waals surface area contributed by atoms with Gasteiger partial charge in [-0.15, -0.1) is 0 Å². The van der Waals surface area contributed by atoms with Crippen molar-refractivity contribution in [3.05, 3.63) is 17.5 Å². The fourth-order valence-electron chi connectivity index (χ4n) is 1.58. The summed E-state index contributed by atoms with van der Waals surface area (Å²) < 4.78 is 0. The van der Waals surface area contributed by atoms with Crippen LogP contribution in [-0.2, 0) is 0 Å². The van der Waals surface area contributed by atoms with Crippen LogP contribution in [0.15, 0.2) is 6.07 Å². The lowest BCUT2D eigenvalue weighted by atomic mass is 9.83. The monoisotopic (exact) mass is 164 g/mol. The minimum Gasteiger partial charge on any atom is -0.282 e. The van der Waals surface area contributed by atoms with Gasteiger partial charge in [0.15, 0.2) is 0 Å². The summed E-state index contributed by atoms with van der Waals surface area (Å²) >= 11 is 0. The highest BCUT2D eigenvalue weighted by molar-refractivity contribution is 5.17.